The van der Waals surface area contributed by atoms with Crippen molar-refractivity contribution in [2.75, 3.05) is 19.8 Å². The first-order chi connectivity index (χ1) is 13.0. The predicted molar refractivity (Wildman–Crippen MR) is 96.3 cm³/mol. The van der Waals surface area contributed by atoms with E-state index in [9.17, 15) is 14.4 Å². The normalized spacial score (nSPS) is 16.3. The third-order valence-electron chi connectivity index (χ3n) is 4.32. The first kappa shape index (κ1) is 19.3. The molecule has 0 spiro atoms. The van der Waals surface area contributed by atoms with E-state index in [2.05, 4.69) is 10.6 Å². The van der Waals surface area contributed by atoms with Gasteiger partial charge in [0.15, 0.2) is 18.1 Å². The summed E-state index contributed by atoms with van der Waals surface area (Å²) in [6, 6.07) is 2.35. The van der Waals surface area contributed by atoms with E-state index in [4.69, 9.17) is 25.8 Å². The maximum Gasteiger partial charge on any atom is 0.338 e. The highest BCUT2D eigenvalue weighted by atomic mass is 35.5. The summed E-state index contributed by atoms with van der Waals surface area (Å²) >= 11 is 6.13. The summed E-state index contributed by atoms with van der Waals surface area (Å²) in [5.74, 6) is -0.724. The molecule has 3 rings (SSSR count). The fraction of sp³-hybridized carbons (Fsp3) is 0.500. The Bertz CT molecular complexity index is 733. The zero-order valence-corrected chi connectivity index (χ0v) is 15.5. The number of ether oxygens (including phenoxy) is 3. The van der Waals surface area contributed by atoms with E-state index in [0.717, 1.165) is 25.7 Å². The number of hydrogen-bond donors (Lipinski definition) is 2. The number of fused-ring (bicyclic) bond motifs is 1. The molecule has 2 aliphatic rings. The van der Waals surface area contributed by atoms with Crippen LogP contribution in [0.2, 0.25) is 5.02 Å². The van der Waals surface area contributed by atoms with Crippen LogP contribution in [0.5, 0.6) is 11.5 Å². The van der Waals surface area contributed by atoms with Gasteiger partial charge in [0.05, 0.1) is 23.8 Å². The van der Waals surface area contributed by atoms with Crippen molar-refractivity contribution in [1.29, 1.82) is 0 Å². The first-order valence-electron chi connectivity index (χ1n) is 8.89. The molecule has 0 atom stereocenters. The van der Waals surface area contributed by atoms with Crippen LogP contribution < -0.4 is 20.1 Å². The number of urea groups is 1. The lowest BCUT2D eigenvalue weighted by Gasteiger charge is -2.13. The fourth-order valence-electron chi connectivity index (χ4n) is 3.02. The van der Waals surface area contributed by atoms with E-state index in [1.165, 1.54) is 12.1 Å². The van der Waals surface area contributed by atoms with Crippen LogP contribution in [-0.2, 0) is 9.53 Å². The van der Waals surface area contributed by atoms with Gasteiger partial charge >= 0.3 is 12.0 Å². The van der Waals surface area contributed by atoms with Crippen molar-refractivity contribution in [1.82, 2.24) is 10.6 Å². The second kappa shape index (κ2) is 8.94. The molecule has 146 valence electrons. The third-order valence-corrected chi connectivity index (χ3v) is 4.60. The van der Waals surface area contributed by atoms with E-state index in [0.29, 0.717) is 31.1 Å². The first-order valence-corrected chi connectivity index (χ1v) is 9.27. The van der Waals surface area contributed by atoms with Gasteiger partial charge < -0.3 is 19.5 Å². The number of benzene rings is 1. The summed E-state index contributed by atoms with van der Waals surface area (Å²) in [4.78, 5) is 35.7. The average Bonchev–Trinajstić information content (AvgIpc) is 3.01. The molecular formula is C18H21ClN2O6. The molecule has 1 aliphatic heterocycles. The summed E-state index contributed by atoms with van der Waals surface area (Å²) in [5, 5.41) is 5.09. The van der Waals surface area contributed by atoms with Crippen molar-refractivity contribution in [3.63, 3.8) is 0 Å². The molecule has 0 unspecified atom stereocenters. The average molecular weight is 397 g/mol. The number of esters is 1. The molecule has 8 nitrogen and oxygen atoms in total. The maximum absolute atomic E-state index is 12.2. The van der Waals surface area contributed by atoms with Crippen LogP contribution in [0.15, 0.2) is 12.1 Å². The van der Waals surface area contributed by atoms with Gasteiger partial charge in [-0.05, 0) is 25.0 Å². The molecule has 1 aliphatic carbocycles. The van der Waals surface area contributed by atoms with Crippen molar-refractivity contribution in [3.8, 4) is 11.5 Å². The molecule has 0 bridgehead atoms. The summed E-state index contributed by atoms with van der Waals surface area (Å²) < 4.78 is 16.0. The Hall–Kier alpha value is -2.48. The lowest BCUT2D eigenvalue weighted by molar-refractivity contribution is -0.123. The van der Waals surface area contributed by atoms with Crippen LogP contribution in [0.25, 0.3) is 0 Å². The Kier molecular flexibility index (Phi) is 6.39. The zero-order chi connectivity index (χ0) is 19.2. The summed E-state index contributed by atoms with van der Waals surface area (Å²) in [6.45, 7) is 0.336. The number of amides is 3. The highest BCUT2D eigenvalue weighted by Gasteiger charge is 2.21. The van der Waals surface area contributed by atoms with E-state index in [1.54, 1.807) is 0 Å². The topological polar surface area (TPSA) is 103 Å². The molecule has 0 radical (unpaired) electrons. The molecular weight excluding hydrogens is 376 g/mol. The van der Waals surface area contributed by atoms with Gasteiger partial charge in [-0.2, -0.15) is 0 Å². The Balaban J connectivity index is 1.51. The second-order valence-corrected chi connectivity index (χ2v) is 6.82. The molecule has 0 aromatic heterocycles. The van der Waals surface area contributed by atoms with Crippen LogP contribution in [0.3, 0.4) is 0 Å². The van der Waals surface area contributed by atoms with Gasteiger partial charge in [0, 0.05) is 12.5 Å². The maximum atomic E-state index is 12.2. The lowest BCUT2D eigenvalue weighted by atomic mass is 10.2. The van der Waals surface area contributed by atoms with Crippen LogP contribution >= 0.6 is 11.6 Å². The molecule has 3 amide bonds. The molecule has 27 heavy (non-hydrogen) atoms. The fourth-order valence-corrected chi connectivity index (χ4v) is 3.28. The standard InChI is InChI=1S/C18H21ClN2O6/c19-13-8-11(9-14-16(13)26-7-3-6-25-14)17(23)27-10-15(22)21-18(24)20-12-4-1-2-5-12/h8-9,12H,1-7,10H2,(H2,20,21,22,24). The lowest BCUT2D eigenvalue weighted by Crippen LogP contribution is -2.44. The molecule has 9 heteroatoms. The minimum Gasteiger partial charge on any atom is -0.489 e. The second-order valence-electron chi connectivity index (χ2n) is 6.41. The summed E-state index contributed by atoms with van der Waals surface area (Å²) in [5.41, 5.74) is 0.132. The van der Waals surface area contributed by atoms with Gasteiger partial charge in [-0.1, -0.05) is 24.4 Å². The molecule has 2 N–H and O–H groups in total. The third kappa shape index (κ3) is 5.26. The minimum absolute atomic E-state index is 0.0873. The smallest absolute Gasteiger partial charge is 0.338 e. The van der Waals surface area contributed by atoms with Gasteiger partial charge in [0.2, 0.25) is 0 Å². The summed E-state index contributed by atoms with van der Waals surface area (Å²) in [6.07, 6.45) is 4.64. The van der Waals surface area contributed by atoms with E-state index >= 15 is 0 Å². The van der Waals surface area contributed by atoms with E-state index in [1.807, 2.05) is 0 Å². The largest absolute Gasteiger partial charge is 0.489 e. The highest BCUT2D eigenvalue weighted by Crippen LogP contribution is 2.38. The molecule has 1 saturated carbocycles. The number of rotatable bonds is 4. The number of imide groups is 1. The van der Waals surface area contributed by atoms with Crippen LogP contribution in [0.4, 0.5) is 4.79 Å². The monoisotopic (exact) mass is 396 g/mol. The van der Waals surface area contributed by atoms with Crippen LogP contribution in [0.1, 0.15) is 42.5 Å². The number of hydrogen-bond acceptors (Lipinski definition) is 6. The van der Waals surface area contributed by atoms with E-state index < -0.39 is 24.5 Å². The van der Waals surface area contributed by atoms with Crippen molar-refractivity contribution in [2.24, 2.45) is 0 Å². The van der Waals surface area contributed by atoms with Gasteiger partial charge in [0.1, 0.15) is 0 Å². The zero-order valence-electron chi connectivity index (χ0n) is 14.7. The number of nitrogens with one attached hydrogen (secondary N) is 2. The number of carbonyl (C=O) groups is 3. The molecule has 1 heterocycles. The van der Waals surface area contributed by atoms with Crippen molar-refractivity contribution >= 4 is 29.5 Å². The molecule has 1 fully saturated rings. The SMILES string of the molecule is O=C(COC(=O)c1cc(Cl)c2c(c1)OCCCO2)NC(=O)NC1CCCC1. The van der Waals surface area contributed by atoms with Crippen LogP contribution in [0, 0.1) is 0 Å². The highest BCUT2D eigenvalue weighted by molar-refractivity contribution is 6.32. The van der Waals surface area contributed by atoms with Gasteiger partial charge in [-0.3, -0.25) is 10.1 Å². The minimum atomic E-state index is -0.751. The van der Waals surface area contributed by atoms with Gasteiger partial charge in [-0.25, -0.2) is 9.59 Å². The number of halogens is 1. The Morgan fingerprint density at radius 1 is 1.11 bits per heavy atom. The van der Waals surface area contributed by atoms with Gasteiger partial charge in [0.25, 0.3) is 5.91 Å². The summed E-state index contributed by atoms with van der Waals surface area (Å²) in [7, 11) is 0. The van der Waals surface area contributed by atoms with E-state index in [-0.39, 0.29) is 16.6 Å². The van der Waals surface area contributed by atoms with Gasteiger partial charge in [-0.15, -0.1) is 0 Å². The Labute approximate surface area is 161 Å². The predicted octanol–water partition coefficient (Wildman–Crippen LogP) is 2.43. The van der Waals surface area contributed by atoms with Crippen molar-refractivity contribution in [3.05, 3.63) is 22.7 Å². The Morgan fingerprint density at radius 3 is 2.63 bits per heavy atom. The molecule has 1 aromatic rings. The molecule has 0 saturated heterocycles. The Morgan fingerprint density at radius 2 is 1.85 bits per heavy atom. The van der Waals surface area contributed by atoms with Crippen molar-refractivity contribution in [2.45, 2.75) is 38.1 Å². The quantitative estimate of drug-likeness (QED) is 0.757. The number of carbonyl (C=O) groups excluding carboxylic acids is 3. The van der Waals surface area contributed by atoms with Crippen LogP contribution in [-0.4, -0.2) is 43.8 Å². The molecule has 1 aromatic carbocycles. The van der Waals surface area contributed by atoms with Crippen molar-refractivity contribution < 1.29 is 28.6 Å².